The summed E-state index contributed by atoms with van der Waals surface area (Å²) >= 11 is 0. The molecule has 2 nitrogen and oxygen atoms in total. The molecule has 2 saturated carbocycles. The summed E-state index contributed by atoms with van der Waals surface area (Å²) in [6.07, 6.45) is 10.4. The van der Waals surface area contributed by atoms with Gasteiger partial charge in [0.25, 0.3) is 0 Å². The maximum atomic E-state index is 10.7. The van der Waals surface area contributed by atoms with Crippen molar-refractivity contribution in [3.05, 3.63) is 0 Å². The predicted molar refractivity (Wildman–Crippen MR) is 67.1 cm³/mol. The van der Waals surface area contributed by atoms with E-state index in [0.717, 1.165) is 31.6 Å². The van der Waals surface area contributed by atoms with Crippen molar-refractivity contribution < 1.29 is 5.11 Å². The van der Waals surface area contributed by atoms with Crippen LogP contribution in [-0.2, 0) is 0 Å². The zero-order chi connectivity index (χ0) is 11.6. The van der Waals surface area contributed by atoms with Gasteiger partial charge >= 0.3 is 0 Å². The number of rotatable bonds is 2. The second-order valence-electron chi connectivity index (χ2n) is 6.09. The molecule has 2 atom stereocenters. The molecule has 2 unspecified atom stereocenters. The Balaban J connectivity index is 1.91. The van der Waals surface area contributed by atoms with E-state index >= 15 is 0 Å². The van der Waals surface area contributed by atoms with Gasteiger partial charge in [-0.15, -0.1) is 0 Å². The first-order chi connectivity index (χ1) is 7.64. The maximum absolute atomic E-state index is 10.7. The van der Waals surface area contributed by atoms with Crippen molar-refractivity contribution in [1.29, 1.82) is 0 Å². The van der Waals surface area contributed by atoms with Gasteiger partial charge in [0.15, 0.2) is 0 Å². The van der Waals surface area contributed by atoms with Crippen molar-refractivity contribution >= 4 is 0 Å². The smallest absolute Gasteiger partial charge is 0.0690 e. The average molecular weight is 225 g/mol. The summed E-state index contributed by atoms with van der Waals surface area (Å²) in [6.45, 7) is 2.29. The second kappa shape index (κ2) is 5.05. The number of hydrogen-bond donors (Lipinski definition) is 2. The Hall–Kier alpha value is -0.0800. The summed E-state index contributed by atoms with van der Waals surface area (Å²) in [5.74, 6) is 1.44. The molecule has 0 aromatic rings. The summed E-state index contributed by atoms with van der Waals surface area (Å²) in [5, 5.41) is 10.7. The molecule has 0 amide bonds. The summed E-state index contributed by atoms with van der Waals surface area (Å²) < 4.78 is 0. The first kappa shape index (κ1) is 12.4. The van der Waals surface area contributed by atoms with Gasteiger partial charge in [0.2, 0.25) is 0 Å². The molecule has 0 bridgehead atoms. The number of aliphatic hydroxyl groups is 1. The van der Waals surface area contributed by atoms with Crippen LogP contribution < -0.4 is 5.73 Å². The van der Waals surface area contributed by atoms with Crippen LogP contribution in [0.2, 0.25) is 0 Å². The lowest BCUT2D eigenvalue weighted by Crippen LogP contribution is -2.47. The van der Waals surface area contributed by atoms with Gasteiger partial charge in [-0.25, -0.2) is 0 Å². The molecule has 2 heteroatoms. The van der Waals surface area contributed by atoms with Crippen LogP contribution in [0.4, 0.5) is 0 Å². The third kappa shape index (κ3) is 2.60. The lowest BCUT2D eigenvalue weighted by atomic mass is 9.67. The molecule has 2 fully saturated rings. The molecule has 0 aromatic heterocycles. The van der Waals surface area contributed by atoms with Gasteiger partial charge in [0.1, 0.15) is 0 Å². The SMILES string of the molecule is CCC1CCC(C2(O)CCCC(N)C2)CC1. The van der Waals surface area contributed by atoms with Crippen LogP contribution >= 0.6 is 0 Å². The van der Waals surface area contributed by atoms with Crippen molar-refractivity contribution in [3.8, 4) is 0 Å². The van der Waals surface area contributed by atoms with Gasteiger partial charge in [-0.2, -0.15) is 0 Å². The highest BCUT2D eigenvalue weighted by atomic mass is 16.3. The van der Waals surface area contributed by atoms with E-state index in [1.54, 1.807) is 0 Å². The molecule has 16 heavy (non-hydrogen) atoms. The normalized spacial score (nSPS) is 45.6. The van der Waals surface area contributed by atoms with E-state index in [1.165, 1.54) is 32.1 Å². The predicted octanol–water partition coefficient (Wildman–Crippen LogP) is 2.84. The van der Waals surface area contributed by atoms with E-state index < -0.39 is 5.60 Å². The van der Waals surface area contributed by atoms with Gasteiger partial charge in [-0.05, 0) is 50.4 Å². The quantitative estimate of drug-likeness (QED) is 0.759. The zero-order valence-corrected chi connectivity index (χ0v) is 10.6. The lowest BCUT2D eigenvalue weighted by Gasteiger charge is -2.44. The molecule has 94 valence electrons. The van der Waals surface area contributed by atoms with E-state index in [2.05, 4.69) is 6.92 Å². The third-order valence-corrected chi connectivity index (χ3v) is 4.98. The van der Waals surface area contributed by atoms with Crippen LogP contribution in [0.5, 0.6) is 0 Å². The van der Waals surface area contributed by atoms with Crippen LogP contribution in [0, 0.1) is 11.8 Å². The molecule has 0 radical (unpaired) electrons. The van der Waals surface area contributed by atoms with Crippen molar-refractivity contribution in [2.24, 2.45) is 17.6 Å². The highest BCUT2D eigenvalue weighted by molar-refractivity contribution is 4.94. The van der Waals surface area contributed by atoms with Crippen molar-refractivity contribution in [2.75, 3.05) is 0 Å². The first-order valence-corrected chi connectivity index (χ1v) is 7.12. The molecule has 2 rings (SSSR count). The summed E-state index contributed by atoms with van der Waals surface area (Å²) in [7, 11) is 0. The van der Waals surface area contributed by atoms with Crippen LogP contribution in [-0.4, -0.2) is 16.7 Å². The van der Waals surface area contributed by atoms with Gasteiger partial charge in [0, 0.05) is 6.04 Å². The lowest BCUT2D eigenvalue weighted by molar-refractivity contribution is -0.0699. The summed E-state index contributed by atoms with van der Waals surface area (Å²) in [4.78, 5) is 0. The maximum Gasteiger partial charge on any atom is 0.0690 e. The van der Waals surface area contributed by atoms with Crippen LogP contribution in [0.15, 0.2) is 0 Å². The standard InChI is InChI=1S/C14H27NO/c1-2-11-5-7-12(8-6-11)14(16)9-3-4-13(15)10-14/h11-13,16H,2-10,15H2,1H3. The van der Waals surface area contributed by atoms with Crippen molar-refractivity contribution in [2.45, 2.75) is 76.4 Å². The Morgan fingerprint density at radius 1 is 1.19 bits per heavy atom. The summed E-state index contributed by atoms with van der Waals surface area (Å²) in [6, 6.07) is 0.239. The second-order valence-corrected chi connectivity index (χ2v) is 6.09. The van der Waals surface area contributed by atoms with E-state index in [-0.39, 0.29) is 6.04 Å². The van der Waals surface area contributed by atoms with Crippen LogP contribution in [0.25, 0.3) is 0 Å². The monoisotopic (exact) mass is 225 g/mol. The molecule has 0 spiro atoms. The topological polar surface area (TPSA) is 46.2 Å². The van der Waals surface area contributed by atoms with Crippen LogP contribution in [0.3, 0.4) is 0 Å². The number of nitrogens with two attached hydrogens (primary N) is 1. The van der Waals surface area contributed by atoms with Gasteiger partial charge < -0.3 is 10.8 Å². The fraction of sp³-hybridized carbons (Fsp3) is 1.00. The molecular formula is C14H27NO. The molecule has 0 heterocycles. The Labute approximate surface area is 99.6 Å². The van der Waals surface area contributed by atoms with E-state index in [4.69, 9.17) is 5.73 Å². The summed E-state index contributed by atoms with van der Waals surface area (Å²) in [5.41, 5.74) is 5.59. The van der Waals surface area contributed by atoms with Gasteiger partial charge in [-0.1, -0.05) is 26.2 Å². The molecule has 0 aliphatic heterocycles. The highest BCUT2D eigenvalue weighted by Crippen LogP contribution is 2.43. The molecular weight excluding hydrogens is 198 g/mol. The number of hydrogen-bond acceptors (Lipinski definition) is 2. The zero-order valence-electron chi connectivity index (χ0n) is 10.6. The molecule has 2 aliphatic carbocycles. The minimum absolute atomic E-state index is 0.239. The van der Waals surface area contributed by atoms with Crippen molar-refractivity contribution in [3.63, 3.8) is 0 Å². The molecule has 0 saturated heterocycles. The molecule has 3 N–H and O–H groups in total. The molecule has 2 aliphatic rings. The average Bonchev–Trinajstić information content (AvgIpc) is 2.29. The third-order valence-electron chi connectivity index (χ3n) is 4.98. The highest BCUT2D eigenvalue weighted by Gasteiger charge is 2.41. The van der Waals surface area contributed by atoms with Crippen molar-refractivity contribution in [1.82, 2.24) is 0 Å². The Kier molecular flexibility index (Phi) is 3.91. The minimum atomic E-state index is -0.420. The van der Waals surface area contributed by atoms with Gasteiger partial charge in [0.05, 0.1) is 5.60 Å². The van der Waals surface area contributed by atoms with E-state index in [9.17, 15) is 5.11 Å². The Bertz CT molecular complexity index is 223. The fourth-order valence-electron chi connectivity index (χ4n) is 3.81. The van der Waals surface area contributed by atoms with Gasteiger partial charge in [-0.3, -0.25) is 0 Å². The Morgan fingerprint density at radius 2 is 1.88 bits per heavy atom. The molecule has 0 aromatic carbocycles. The fourth-order valence-corrected chi connectivity index (χ4v) is 3.81. The van der Waals surface area contributed by atoms with E-state index in [1.807, 2.05) is 0 Å². The minimum Gasteiger partial charge on any atom is -0.390 e. The first-order valence-electron chi connectivity index (χ1n) is 7.12. The Morgan fingerprint density at radius 3 is 2.44 bits per heavy atom. The largest absolute Gasteiger partial charge is 0.390 e. The van der Waals surface area contributed by atoms with Crippen LogP contribution in [0.1, 0.15) is 64.7 Å². The van der Waals surface area contributed by atoms with E-state index in [0.29, 0.717) is 5.92 Å².